The minimum absolute atomic E-state index is 0.415. The number of benzene rings is 2. The molecule has 2 rings (SSSR count). The van der Waals surface area contributed by atoms with Crippen LogP contribution in [-0.2, 0) is 0 Å². The molecule has 0 aliphatic rings. The number of thiocarbonyl (C=S) groups is 1. The van der Waals surface area contributed by atoms with Gasteiger partial charge in [0.15, 0.2) is 5.11 Å². The molecule has 124 valence electrons. The van der Waals surface area contributed by atoms with Crippen LogP contribution in [0.3, 0.4) is 0 Å². The number of nitrogens with one attached hydrogen (secondary N) is 2. The second kappa shape index (κ2) is 9.14. The molecule has 24 heavy (non-hydrogen) atoms. The molecule has 0 saturated carbocycles. The first-order valence-corrected chi connectivity index (χ1v) is 8.44. The van der Waals surface area contributed by atoms with Crippen molar-refractivity contribution in [3.63, 3.8) is 0 Å². The smallest absolute Gasteiger partial charge is 0.344 e. The summed E-state index contributed by atoms with van der Waals surface area (Å²) >= 11 is 8.33. The summed E-state index contributed by atoms with van der Waals surface area (Å²) in [6.45, 7) is 2.69. The Morgan fingerprint density at radius 2 is 1.96 bits per heavy atom. The number of rotatable bonds is 5. The number of esters is 1. The Kier molecular flexibility index (Phi) is 6.89. The molecule has 0 aliphatic heterocycles. The van der Waals surface area contributed by atoms with Gasteiger partial charge < -0.3 is 10.1 Å². The van der Waals surface area contributed by atoms with Gasteiger partial charge in [0.1, 0.15) is 5.75 Å². The molecule has 7 heteroatoms. The highest BCUT2D eigenvalue weighted by Gasteiger charge is 2.11. The molecule has 0 fully saturated rings. The monoisotopic (exact) mass is 405 g/mol. The van der Waals surface area contributed by atoms with Gasteiger partial charge in [-0.25, -0.2) is 4.79 Å². The molecular weight excluding hydrogens is 390 g/mol. The molecule has 0 radical (unpaired) electrons. The highest BCUT2D eigenvalue weighted by molar-refractivity contribution is 9.10. The molecule has 0 bridgehead atoms. The number of hydrogen-bond donors (Lipinski definition) is 2. The second-order valence-electron chi connectivity index (χ2n) is 4.67. The fourth-order valence-electron chi connectivity index (χ4n) is 1.78. The van der Waals surface area contributed by atoms with Gasteiger partial charge in [0.2, 0.25) is 0 Å². The predicted molar refractivity (Wildman–Crippen MR) is 103 cm³/mol. The second-order valence-corrected chi connectivity index (χ2v) is 5.93. The third kappa shape index (κ3) is 5.43. The Hall–Kier alpha value is -2.25. The lowest BCUT2D eigenvalue weighted by Gasteiger charge is -2.06. The third-order valence-corrected chi connectivity index (χ3v) is 3.83. The molecule has 2 aromatic rings. The van der Waals surface area contributed by atoms with Gasteiger partial charge in [0, 0.05) is 11.0 Å². The van der Waals surface area contributed by atoms with E-state index >= 15 is 0 Å². The standard InChI is InChI=1S/C17H16BrN3O2S/c1-2-19-17(24)21-20-11-12-7-9-13(10-8-12)23-16(22)14-5-3-4-6-15(14)18/h3-11H,2H2,1H3,(H2,19,21,24)/b20-11-. The van der Waals surface area contributed by atoms with E-state index in [9.17, 15) is 4.79 Å². The molecule has 0 spiro atoms. The summed E-state index contributed by atoms with van der Waals surface area (Å²) in [5, 5.41) is 7.41. The Morgan fingerprint density at radius 3 is 2.62 bits per heavy atom. The molecule has 0 heterocycles. The zero-order chi connectivity index (χ0) is 17.4. The summed E-state index contributed by atoms with van der Waals surface area (Å²) in [6.07, 6.45) is 1.63. The fourth-order valence-corrected chi connectivity index (χ4v) is 2.42. The van der Waals surface area contributed by atoms with Crippen molar-refractivity contribution < 1.29 is 9.53 Å². The predicted octanol–water partition coefficient (Wildman–Crippen LogP) is 3.49. The van der Waals surface area contributed by atoms with Crippen LogP contribution in [0.4, 0.5) is 0 Å². The van der Waals surface area contributed by atoms with Crippen molar-refractivity contribution in [3.05, 3.63) is 64.1 Å². The summed E-state index contributed by atoms with van der Waals surface area (Å²) in [6, 6.07) is 14.1. The van der Waals surface area contributed by atoms with Crippen LogP contribution in [0.25, 0.3) is 0 Å². The number of ether oxygens (including phenoxy) is 1. The topological polar surface area (TPSA) is 62.7 Å². The van der Waals surface area contributed by atoms with Crippen molar-refractivity contribution in [1.82, 2.24) is 10.7 Å². The zero-order valence-electron chi connectivity index (χ0n) is 13.0. The summed E-state index contributed by atoms with van der Waals surface area (Å²) in [4.78, 5) is 12.1. The molecule has 0 aromatic heterocycles. The third-order valence-electron chi connectivity index (χ3n) is 2.90. The SMILES string of the molecule is CCNC(=S)N/N=C\c1ccc(OC(=O)c2ccccc2Br)cc1. The van der Waals surface area contributed by atoms with Crippen LogP contribution in [0.15, 0.2) is 58.1 Å². The minimum atomic E-state index is -0.415. The Morgan fingerprint density at radius 1 is 1.25 bits per heavy atom. The van der Waals surface area contributed by atoms with Gasteiger partial charge in [-0.15, -0.1) is 0 Å². The fraction of sp³-hybridized carbons (Fsp3) is 0.118. The van der Waals surface area contributed by atoms with Gasteiger partial charge in [-0.2, -0.15) is 5.10 Å². The highest BCUT2D eigenvalue weighted by atomic mass is 79.9. The zero-order valence-corrected chi connectivity index (χ0v) is 15.4. The van der Waals surface area contributed by atoms with E-state index in [1.807, 2.05) is 13.0 Å². The van der Waals surface area contributed by atoms with Crippen molar-refractivity contribution in [2.45, 2.75) is 6.92 Å². The maximum Gasteiger partial charge on any atom is 0.344 e. The van der Waals surface area contributed by atoms with E-state index in [1.165, 1.54) is 0 Å². The number of carbonyl (C=O) groups excluding carboxylic acids is 1. The van der Waals surface area contributed by atoms with E-state index in [0.717, 1.165) is 12.1 Å². The molecule has 2 aromatic carbocycles. The molecule has 0 saturated heterocycles. The van der Waals surface area contributed by atoms with E-state index in [2.05, 4.69) is 31.8 Å². The van der Waals surface area contributed by atoms with Gasteiger partial charge in [0.05, 0.1) is 11.8 Å². The Labute approximate surface area is 154 Å². The van der Waals surface area contributed by atoms with Gasteiger partial charge >= 0.3 is 5.97 Å². The van der Waals surface area contributed by atoms with Crippen molar-refractivity contribution >= 4 is 45.4 Å². The maximum atomic E-state index is 12.1. The molecule has 0 atom stereocenters. The highest BCUT2D eigenvalue weighted by Crippen LogP contribution is 2.19. The van der Waals surface area contributed by atoms with Gasteiger partial charge in [-0.1, -0.05) is 12.1 Å². The van der Waals surface area contributed by atoms with Gasteiger partial charge in [0.25, 0.3) is 0 Å². The minimum Gasteiger partial charge on any atom is -0.423 e. The van der Waals surface area contributed by atoms with Crippen molar-refractivity contribution in [2.24, 2.45) is 5.10 Å². The van der Waals surface area contributed by atoms with Crippen LogP contribution in [0.2, 0.25) is 0 Å². The quantitative estimate of drug-likeness (QED) is 0.262. The Bertz CT molecular complexity index is 748. The number of hydrazone groups is 1. The van der Waals surface area contributed by atoms with Crippen molar-refractivity contribution in [1.29, 1.82) is 0 Å². The molecule has 0 aliphatic carbocycles. The molecule has 0 unspecified atom stereocenters. The lowest BCUT2D eigenvalue weighted by molar-refractivity contribution is 0.0734. The number of hydrogen-bond acceptors (Lipinski definition) is 4. The number of halogens is 1. The Balaban J connectivity index is 1.95. The lowest BCUT2D eigenvalue weighted by Crippen LogP contribution is -2.31. The van der Waals surface area contributed by atoms with Gasteiger partial charge in [-0.3, -0.25) is 5.43 Å². The van der Waals surface area contributed by atoms with Crippen LogP contribution >= 0.6 is 28.1 Å². The van der Waals surface area contributed by atoms with Gasteiger partial charge in [-0.05, 0) is 77.0 Å². The molecule has 2 N–H and O–H groups in total. The molecule has 0 amide bonds. The van der Waals surface area contributed by atoms with Crippen LogP contribution in [0.5, 0.6) is 5.75 Å². The summed E-state index contributed by atoms with van der Waals surface area (Å²) in [5.41, 5.74) is 4.03. The normalized spacial score (nSPS) is 10.4. The largest absolute Gasteiger partial charge is 0.423 e. The van der Waals surface area contributed by atoms with Crippen molar-refractivity contribution in [2.75, 3.05) is 6.54 Å². The van der Waals surface area contributed by atoms with Crippen LogP contribution in [-0.4, -0.2) is 23.8 Å². The molecular formula is C17H16BrN3O2S. The average molecular weight is 406 g/mol. The number of carbonyl (C=O) groups is 1. The van der Waals surface area contributed by atoms with E-state index < -0.39 is 5.97 Å². The van der Waals surface area contributed by atoms with E-state index in [-0.39, 0.29) is 0 Å². The van der Waals surface area contributed by atoms with E-state index in [0.29, 0.717) is 20.9 Å². The van der Waals surface area contributed by atoms with Crippen molar-refractivity contribution in [3.8, 4) is 5.75 Å². The number of nitrogens with zero attached hydrogens (tertiary/aromatic N) is 1. The maximum absolute atomic E-state index is 12.1. The first-order valence-electron chi connectivity index (χ1n) is 7.24. The first-order chi connectivity index (χ1) is 11.6. The van der Waals surface area contributed by atoms with Crippen LogP contribution < -0.4 is 15.5 Å². The first kappa shape index (κ1) is 18.1. The van der Waals surface area contributed by atoms with E-state index in [1.54, 1.807) is 48.7 Å². The van der Waals surface area contributed by atoms with E-state index in [4.69, 9.17) is 17.0 Å². The van der Waals surface area contributed by atoms with Crippen LogP contribution in [0.1, 0.15) is 22.8 Å². The van der Waals surface area contributed by atoms with Crippen LogP contribution in [0, 0.1) is 0 Å². The lowest BCUT2D eigenvalue weighted by atomic mass is 10.2. The summed E-state index contributed by atoms with van der Waals surface area (Å²) in [5.74, 6) is 0.0468. The molecule has 5 nitrogen and oxygen atoms in total. The summed E-state index contributed by atoms with van der Waals surface area (Å²) in [7, 11) is 0. The average Bonchev–Trinajstić information content (AvgIpc) is 2.57. The summed E-state index contributed by atoms with van der Waals surface area (Å²) < 4.78 is 6.05.